The third kappa shape index (κ3) is 5.99. The molecule has 2 aromatic carbocycles. The molecule has 1 aromatic heterocycles. The van der Waals surface area contributed by atoms with E-state index < -0.39 is 23.8 Å². The van der Waals surface area contributed by atoms with Crippen molar-refractivity contribution in [2.24, 2.45) is 11.8 Å². The second kappa shape index (κ2) is 11.5. The second-order valence-corrected chi connectivity index (χ2v) is 9.04. The maximum absolute atomic E-state index is 14.7. The highest BCUT2D eigenvalue weighted by molar-refractivity contribution is 5.84. The Balaban J connectivity index is 1.41. The van der Waals surface area contributed by atoms with Crippen molar-refractivity contribution >= 4 is 16.9 Å². The number of aliphatic hydroxyl groups is 1. The minimum Gasteiger partial charge on any atom is -0.497 e. The SMILES string of the molecule is COc1ccc2ncc(F)c([C@@H](O)CC[C@H]3CCN(CC#Cc4cccc(F)c4)C[C@H]3C(=O)O)c2c1. The van der Waals surface area contributed by atoms with Gasteiger partial charge in [0.05, 0.1) is 37.4 Å². The number of ether oxygens (including phenoxy) is 1. The lowest BCUT2D eigenvalue weighted by Crippen LogP contribution is -2.44. The number of aliphatic carboxylic acids is 1. The summed E-state index contributed by atoms with van der Waals surface area (Å²) in [5, 5.41) is 21.2. The first-order valence-corrected chi connectivity index (χ1v) is 11.9. The van der Waals surface area contributed by atoms with Gasteiger partial charge in [-0.1, -0.05) is 17.9 Å². The van der Waals surface area contributed by atoms with Crippen molar-refractivity contribution in [1.82, 2.24) is 9.88 Å². The van der Waals surface area contributed by atoms with Gasteiger partial charge in [-0.3, -0.25) is 14.7 Å². The standard InChI is InChI=1S/C28H28F2N2O4/c1-36-21-8-9-25-22(15-21)27(24(30)16-31-25)26(33)10-7-19-11-13-32(17-23(19)28(34)35)12-3-5-18-4-2-6-20(29)14-18/h2,4,6,8-9,14-16,19,23,26,33H,7,10-13,17H2,1H3,(H,34,35)/t19-,23+,26-/m0/s1. The van der Waals surface area contributed by atoms with Gasteiger partial charge in [0, 0.05) is 23.1 Å². The third-order valence-corrected chi connectivity index (χ3v) is 6.73. The van der Waals surface area contributed by atoms with Crippen molar-refractivity contribution < 1.29 is 28.5 Å². The topological polar surface area (TPSA) is 82.9 Å². The highest BCUT2D eigenvalue weighted by Crippen LogP contribution is 2.34. The molecule has 0 unspecified atom stereocenters. The fraction of sp³-hybridized carbons (Fsp3) is 0.357. The monoisotopic (exact) mass is 494 g/mol. The summed E-state index contributed by atoms with van der Waals surface area (Å²) in [5.41, 5.74) is 1.26. The van der Waals surface area contributed by atoms with E-state index in [2.05, 4.69) is 16.8 Å². The zero-order chi connectivity index (χ0) is 25.7. The number of piperidine rings is 1. The molecule has 0 bridgehead atoms. The van der Waals surface area contributed by atoms with Crippen LogP contribution in [-0.2, 0) is 4.79 Å². The van der Waals surface area contributed by atoms with Crippen LogP contribution in [0.2, 0.25) is 0 Å². The molecule has 36 heavy (non-hydrogen) atoms. The quantitative estimate of drug-likeness (QED) is 0.474. The second-order valence-electron chi connectivity index (χ2n) is 9.04. The van der Waals surface area contributed by atoms with Crippen LogP contribution in [0.1, 0.15) is 36.5 Å². The number of likely N-dealkylation sites (tertiary alicyclic amines) is 1. The molecule has 0 spiro atoms. The molecule has 0 aliphatic carbocycles. The van der Waals surface area contributed by atoms with Gasteiger partial charge in [-0.05, 0) is 68.1 Å². The van der Waals surface area contributed by atoms with Crippen LogP contribution >= 0.6 is 0 Å². The highest BCUT2D eigenvalue weighted by atomic mass is 19.1. The summed E-state index contributed by atoms with van der Waals surface area (Å²) in [6.07, 6.45) is 1.28. The molecule has 8 heteroatoms. The third-order valence-electron chi connectivity index (χ3n) is 6.73. The van der Waals surface area contributed by atoms with Crippen LogP contribution < -0.4 is 4.74 Å². The summed E-state index contributed by atoms with van der Waals surface area (Å²) in [4.78, 5) is 18.1. The Kier molecular flexibility index (Phi) is 8.14. The summed E-state index contributed by atoms with van der Waals surface area (Å²) in [6, 6.07) is 11.1. The summed E-state index contributed by atoms with van der Waals surface area (Å²) in [6.45, 7) is 1.37. The summed E-state index contributed by atoms with van der Waals surface area (Å²) >= 11 is 0. The van der Waals surface area contributed by atoms with E-state index in [4.69, 9.17) is 4.74 Å². The van der Waals surface area contributed by atoms with E-state index >= 15 is 0 Å². The number of pyridine rings is 1. The largest absolute Gasteiger partial charge is 0.497 e. The van der Waals surface area contributed by atoms with Crippen LogP contribution in [0.4, 0.5) is 8.78 Å². The molecule has 1 aliphatic heterocycles. The van der Waals surface area contributed by atoms with E-state index in [1.54, 1.807) is 30.3 Å². The predicted molar refractivity (Wildman–Crippen MR) is 131 cm³/mol. The van der Waals surface area contributed by atoms with E-state index in [1.165, 1.54) is 19.2 Å². The molecule has 1 saturated heterocycles. The number of fused-ring (bicyclic) bond motifs is 1. The predicted octanol–water partition coefficient (Wildman–Crippen LogP) is 4.41. The molecule has 0 amide bonds. The zero-order valence-electron chi connectivity index (χ0n) is 20.0. The Hall–Kier alpha value is -3.54. The minimum absolute atomic E-state index is 0.149. The number of carboxylic acid groups (broad SMARTS) is 1. The first-order valence-electron chi connectivity index (χ1n) is 11.9. The number of halogens is 2. The molecule has 3 aromatic rings. The number of nitrogens with zero attached hydrogens (tertiary/aromatic N) is 2. The first kappa shape index (κ1) is 25.5. The number of aliphatic hydroxyl groups excluding tert-OH is 1. The van der Waals surface area contributed by atoms with E-state index in [1.807, 2.05) is 4.90 Å². The Morgan fingerprint density at radius 2 is 2.11 bits per heavy atom. The number of methoxy groups -OCH3 is 1. The fourth-order valence-corrected chi connectivity index (χ4v) is 4.81. The normalized spacial score (nSPS) is 18.9. The average Bonchev–Trinajstić information content (AvgIpc) is 2.87. The Labute approximate surface area is 208 Å². The van der Waals surface area contributed by atoms with Crippen LogP contribution in [-0.4, -0.2) is 52.8 Å². The highest BCUT2D eigenvalue weighted by Gasteiger charge is 2.34. The molecule has 0 radical (unpaired) electrons. The molecule has 2 heterocycles. The van der Waals surface area contributed by atoms with E-state index in [0.717, 1.165) is 6.20 Å². The van der Waals surface area contributed by atoms with Gasteiger partial charge in [0.1, 0.15) is 17.4 Å². The van der Waals surface area contributed by atoms with Gasteiger partial charge in [-0.2, -0.15) is 0 Å². The number of aromatic nitrogens is 1. The molecular weight excluding hydrogens is 466 g/mol. The number of hydrogen-bond acceptors (Lipinski definition) is 5. The number of carbonyl (C=O) groups is 1. The van der Waals surface area contributed by atoms with Crippen molar-refractivity contribution in [2.45, 2.75) is 25.4 Å². The molecule has 2 N–H and O–H groups in total. The number of carboxylic acids is 1. The molecule has 0 saturated carbocycles. The number of rotatable bonds is 7. The van der Waals surface area contributed by atoms with E-state index in [0.29, 0.717) is 54.7 Å². The first-order chi connectivity index (χ1) is 17.4. The maximum atomic E-state index is 14.7. The molecular formula is C28H28F2N2O4. The summed E-state index contributed by atoms with van der Waals surface area (Å²) in [7, 11) is 1.51. The van der Waals surface area contributed by atoms with Crippen LogP contribution in [0.5, 0.6) is 5.75 Å². The smallest absolute Gasteiger partial charge is 0.308 e. The van der Waals surface area contributed by atoms with Gasteiger partial charge in [0.15, 0.2) is 0 Å². The minimum atomic E-state index is -1.10. The van der Waals surface area contributed by atoms with Gasteiger partial charge in [0.2, 0.25) is 0 Å². The van der Waals surface area contributed by atoms with E-state index in [-0.39, 0.29) is 23.7 Å². The lowest BCUT2D eigenvalue weighted by molar-refractivity contribution is -0.146. The molecule has 4 rings (SSSR count). The van der Waals surface area contributed by atoms with Gasteiger partial charge in [-0.15, -0.1) is 0 Å². The van der Waals surface area contributed by atoms with Crippen molar-refractivity contribution in [3.63, 3.8) is 0 Å². The van der Waals surface area contributed by atoms with Gasteiger partial charge < -0.3 is 14.9 Å². The van der Waals surface area contributed by atoms with Crippen LogP contribution in [0, 0.1) is 35.3 Å². The number of hydrogen-bond donors (Lipinski definition) is 2. The Morgan fingerprint density at radius 3 is 2.86 bits per heavy atom. The maximum Gasteiger partial charge on any atom is 0.308 e. The zero-order valence-corrected chi connectivity index (χ0v) is 20.0. The van der Waals surface area contributed by atoms with E-state index in [9.17, 15) is 23.8 Å². The van der Waals surface area contributed by atoms with Crippen LogP contribution in [0.3, 0.4) is 0 Å². The molecule has 188 valence electrons. The van der Waals surface area contributed by atoms with Crippen molar-refractivity contribution in [1.29, 1.82) is 0 Å². The Morgan fingerprint density at radius 1 is 1.28 bits per heavy atom. The van der Waals surface area contributed by atoms with Crippen molar-refractivity contribution in [2.75, 3.05) is 26.7 Å². The number of benzene rings is 2. The fourth-order valence-electron chi connectivity index (χ4n) is 4.81. The summed E-state index contributed by atoms with van der Waals surface area (Å²) < 4.78 is 33.2. The van der Waals surface area contributed by atoms with Crippen molar-refractivity contribution in [3.8, 4) is 17.6 Å². The lowest BCUT2D eigenvalue weighted by Gasteiger charge is -2.36. The van der Waals surface area contributed by atoms with Crippen molar-refractivity contribution in [3.05, 3.63) is 71.4 Å². The molecule has 3 atom stereocenters. The van der Waals surface area contributed by atoms with Gasteiger partial charge in [0.25, 0.3) is 0 Å². The molecule has 1 aliphatic rings. The van der Waals surface area contributed by atoms with Gasteiger partial charge >= 0.3 is 5.97 Å². The Bertz CT molecular complexity index is 1300. The lowest BCUT2D eigenvalue weighted by atomic mass is 9.81. The van der Waals surface area contributed by atoms with Crippen LogP contribution in [0.15, 0.2) is 48.7 Å². The molecule has 6 nitrogen and oxygen atoms in total. The molecule has 1 fully saturated rings. The average molecular weight is 495 g/mol. The van der Waals surface area contributed by atoms with Crippen LogP contribution in [0.25, 0.3) is 10.9 Å². The van der Waals surface area contributed by atoms with Gasteiger partial charge in [-0.25, -0.2) is 8.78 Å². The summed E-state index contributed by atoms with van der Waals surface area (Å²) in [5.74, 6) is 3.80.